The smallest absolute Gasteiger partial charge is 0.236 e. The molecular formula is C16H34ClN3O. The number of likely N-dealkylation sites (N-methyl/N-ethyl adjacent to an activating group) is 2. The molecule has 0 aromatic rings. The summed E-state index contributed by atoms with van der Waals surface area (Å²) < 4.78 is 0. The zero-order chi connectivity index (χ0) is 15.3. The van der Waals surface area contributed by atoms with E-state index in [0.717, 1.165) is 25.3 Å². The first kappa shape index (κ1) is 20.7. The van der Waals surface area contributed by atoms with Gasteiger partial charge in [-0.25, -0.2) is 0 Å². The summed E-state index contributed by atoms with van der Waals surface area (Å²) in [7, 11) is 3.97. The predicted molar refractivity (Wildman–Crippen MR) is 91.8 cm³/mol. The van der Waals surface area contributed by atoms with Gasteiger partial charge in [0.15, 0.2) is 0 Å². The van der Waals surface area contributed by atoms with Gasteiger partial charge in [0.1, 0.15) is 0 Å². The van der Waals surface area contributed by atoms with E-state index in [2.05, 4.69) is 25.7 Å². The lowest BCUT2D eigenvalue weighted by molar-refractivity contribution is -0.133. The topological polar surface area (TPSA) is 49.6 Å². The summed E-state index contributed by atoms with van der Waals surface area (Å²) in [4.78, 5) is 16.4. The maximum atomic E-state index is 12.4. The van der Waals surface area contributed by atoms with Gasteiger partial charge in [-0.3, -0.25) is 9.69 Å². The van der Waals surface area contributed by atoms with Crippen LogP contribution in [0.25, 0.3) is 0 Å². The van der Waals surface area contributed by atoms with Crippen LogP contribution < -0.4 is 5.73 Å². The summed E-state index contributed by atoms with van der Waals surface area (Å²) >= 11 is 0. The van der Waals surface area contributed by atoms with Crippen LogP contribution in [0.3, 0.4) is 0 Å². The lowest BCUT2D eigenvalue weighted by Gasteiger charge is -2.35. The normalized spacial score (nSPS) is 22.8. The van der Waals surface area contributed by atoms with Crippen molar-refractivity contribution in [3.63, 3.8) is 0 Å². The van der Waals surface area contributed by atoms with Gasteiger partial charge in [0, 0.05) is 19.6 Å². The average molecular weight is 320 g/mol. The van der Waals surface area contributed by atoms with E-state index in [4.69, 9.17) is 5.73 Å². The van der Waals surface area contributed by atoms with Crippen LogP contribution in [0.2, 0.25) is 0 Å². The fraction of sp³-hybridized carbons (Fsp3) is 0.938. The first-order chi connectivity index (χ1) is 9.25. The molecule has 0 spiro atoms. The van der Waals surface area contributed by atoms with E-state index in [1.165, 1.54) is 12.8 Å². The first-order valence-electron chi connectivity index (χ1n) is 7.89. The van der Waals surface area contributed by atoms with Gasteiger partial charge in [-0.2, -0.15) is 0 Å². The van der Waals surface area contributed by atoms with Crippen molar-refractivity contribution in [3.8, 4) is 0 Å². The molecule has 1 amide bonds. The summed E-state index contributed by atoms with van der Waals surface area (Å²) in [6.07, 6.45) is 4.81. The molecule has 1 aliphatic rings. The SMILES string of the molecule is CC1CCC(N(C)C(=O)CN(C)CC(C)(C)CN)CC1.Cl. The number of halogens is 1. The molecule has 0 saturated heterocycles. The van der Waals surface area contributed by atoms with Crippen molar-refractivity contribution < 1.29 is 4.79 Å². The van der Waals surface area contributed by atoms with Gasteiger partial charge >= 0.3 is 0 Å². The van der Waals surface area contributed by atoms with Gasteiger partial charge in [0.25, 0.3) is 0 Å². The van der Waals surface area contributed by atoms with Gasteiger partial charge < -0.3 is 10.6 Å². The molecule has 126 valence electrons. The van der Waals surface area contributed by atoms with Crippen molar-refractivity contribution in [3.05, 3.63) is 0 Å². The molecule has 1 fully saturated rings. The number of carbonyl (C=O) groups excluding carboxylic acids is 1. The minimum atomic E-state index is 0. The first-order valence-corrected chi connectivity index (χ1v) is 7.89. The molecule has 5 heteroatoms. The molecule has 21 heavy (non-hydrogen) atoms. The van der Waals surface area contributed by atoms with Gasteiger partial charge in [-0.15, -0.1) is 12.4 Å². The Bertz CT molecular complexity index is 315. The lowest BCUT2D eigenvalue weighted by Crippen LogP contribution is -2.46. The van der Waals surface area contributed by atoms with E-state index in [0.29, 0.717) is 19.1 Å². The van der Waals surface area contributed by atoms with Gasteiger partial charge in [0.2, 0.25) is 5.91 Å². The second-order valence-electron chi connectivity index (χ2n) is 7.46. The molecule has 0 unspecified atom stereocenters. The van der Waals surface area contributed by atoms with Crippen LogP contribution in [0.1, 0.15) is 46.5 Å². The zero-order valence-corrected chi connectivity index (χ0v) is 15.2. The van der Waals surface area contributed by atoms with E-state index in [-0.39, 0.29) is 23.7 Å². The Balaban J connectivity index is 0.00000400. The van der Waals surface area contributed by atoms with Crippen LogP contribution in [0, 0.1) is 11.3 Å². The quantitative estimate of drug-likeness (QED) is 0.817. The van der Waals surface area contributed by atoms with E-state index in [1.807, 2.05) is 19.0 Å². The number of nitrogens with two attached hydrogens (primary N) is 1. The van der Waals surface area contributed by atoms with Crippen molar-refractivity contribution in [1.29, 1.82) is 0 Å². The third kappa shape index (κ3) is 6.98. The number of hydrogen-bond acceptors (Lipinski definition) is 3. The van der Waals surface area contributed by atoms with Gasteiger partial charge in [-0.1, -0.05) is 20.8 Å². The Morgan fingerprint density at radius 2 is 1.71 bits per heavy atom. The summed E-state index contributed by atoms with van der Waals surface area (Å²) in [5.41, 5.74) is 5.82. The van der Waals surface area contributed by atoms with Gasteiger partial charge in [0.05, 0.1) is 6.54 Å². The van der Waals surface area contributed by atoms with Crippen LogP contribution in [-0.2, 0) is 4.79 Å². The number of amides is 1. The third-order valence-electron chi connectivity index (χ3n) is 4.58. The van der Waals surface area contributed by atoms with Crippen LogP contribution >= 0.6 is 12.4 Å². The van der Waals surface area contributed by atoms with Crippen molar-refractivity contribution >= 4 is 18.3 Å². The molecule has 0 atom stereocenters. The molecule has 0 aromatic heterocycles. The predicted octanol–water partition coefficient (Wildman–Crippen LogP) is 2.36. The van der Waals surface area contributed by atoms with E-state index >= 15 is 0 Å². The monoisotopic (exact) mass is 319 g/mol. The highest BCUT2D eigenvalue weighted by molar-refractivity contribution is 5.85. The second kappa shape index (κ2) is 8.96. The molecule has 0 aromatic carbocycles. The number of hydrogen-bond donors (Lipinski definition) is 1. The largest absolute Gasteiger partial charge is 0.342 e. The fourth-order valence-corrected chi connectivity index (χ4v) is 3.03. The van der Waals surface area contributed by atoms with Crippen molar-refractivity contribution in [2.45, 2.75) is 52.5 Å². The lowest BCUT2D eigenvalue weighted by atomic mass is 9.87. The van der Waals surface area contributed by atoms with Crippen molar-refractivity contribution in [1.82, 2.24) is 9.80 Å². The van der Waals surface area contributed by atoms with Crippen LogP contribution in [0.5, 0.6) is 0 Å². The average Bonchev–Trinajstić information content (AvgIpc) is 2.38. The maximum absolute atomic E-state index is 12.4. The van der Waals surface area contributed by atoms with Crippen LogP contribution in [-0.4, -0.2) is 55.5 Å². The molecule has 0 bridgehead atoms. The molecule has 0 radical (unpaired) electrons. The highest BCUT2D eigenvalue weighted by atomic mass is 35.5. The minimum Gasteiger partial charge on any atom is -0.342 e. The molecular weight excluding hydrogens is 286 g/mol. The summed E-state index contributed by atoms with van der Waals surface area (Å²) in [5.74, 6) is 1.06. The Labute approximate surface area is 136 Å². The third-order valence-corrected chi connectivity index (χ3v) is 4.58. The second-order valence-corrected chi connectivity index (χ2v) is 7.46. The Morgan fingerprint density at radius 1 is 1.19 bits per heavy atom. The van der Waals surface area contributed by atoms with Crippen LogP contribution in [0.4, 0.5) is 0 Å². The molecule has 1 rings (SSSR count). The van der Waals surface area contributed by atoms with E-state index in [9.17, 15) is 4.79 Å². The number of carbonyl (C=O) groups is 1. The number of rotatable bonds is 6. The fourth-order valence-electron chi connectivity index (χ4n) is 3.03. The molecule has 2 N–H and O–H groups in total. The van der Waals surface area contributed by atoms with Gasteiger partial charge in [-0.05, 0) is 50.6 Å². The van der Waals surface area contributed by atoms with E-state index in [1.54, 1.807) is 0 Å². The highest BCUT2D eigenvalue weighted by Crippen LogP contribution is 2.26. The summed E-state index contributed by atoms with van der Waals surface area (Å²) in [6.45, 7) is 8.57. The Kier molecular flexibility index (Phi) is 8.83. The van der Waals surface area contributed by atoms with Crippen molar-refractivity contribution in [2.75, 3.05) is 33.7 Å². The minimum absolute atomic E-state index is 0. The van der Waals surface area contributed by atoms with E-state index < -0.39 is 0 Å². The summed E-state index contributed by atoms with van der Waals surface area (Å²) in [5, 5.41) is 0. The number of nitrogens with zero attached hydrogens (tertiary/aromatic N) is 2. The summed E-state index contributed by atoms with van der Waals surface area (Å²) in [6, 6.07) is 0.439. The molecule has 0 aliphatic heterocycles. The van der Waals surface area contributed by atoms with Crippen molar-refractivity contribution in [2.24, 2.45) is 17.1 Å². The molecule has 1 aliphatic carbocycles. The van der Waals surface area contributed by atoms with Crippen LogP contribution in [0.15, 0.2) is 0 Å². The molecule has 4 nitrogen and oxygen atoms in total. The zero-order valence-electron chi connectivity index (χ0n) is 14.4. The highest BCUT2D eigenvalue weighted by Gasteiger charge is 2.26. The standard InChI is InChI=1S/C16H33N3O.ClH/c1-13-6-8-14(9-7-13)19(5)15(20)10-18(4)12-16(2,3)11-17;/h13-14H,6-12,17H2,1-5H3;1H. The Hall–Kier alpha value is -0.320. The molecule has 0 heterocycles. The molecule has 1 saturated carbocycles. The maximum Gasteiger partial charge on any atom is 0.236 e. The Morgan fingerprint density at radius 3 is 2.19 bits per heavy atom.